The van der Waals surface area contributed by atoms with Crippen molar-refractivity contribution >= 4 is 5.97 Å². The number of carboxylic acids is 1. The third kappa shape index (κ3) is 1.86. The van der Waals surface area contributed by atoms with E-state index in [1.54, 1.807) is 0 Å². The second kappa shape index (κ2) is 3.69. The van der Waals surface area contributed by atoms with Crippen LogP contribution in [-0.4, -0.2) is 11.1 Å². The van der Waals surface area contributed by atoms with Crippen LogP contribution in [0.2, 0.25) is 0 Å². The first-order valence-corrected chi connectivity index (χ1v) is 3.80. The Labute approximate surface area is 78.0 Å². The van der Waals surface area contributed by atoms with E-state index in [9.17, 15) is 18.0 Å². The van der Waals surface area contributed by atoms with Crippen molar-refractivity contribution in [2.75, 3.05) is 0 Å². The van der Waals surface area contributed by atoms with E-state index < -0.39 is 29.3 Å². The molecule has 1 aromatic rings. The molecule has 0 unspecified atom stereocenters. The minimum absolute atomic E-state index is 0.337. The Kier molecular flexibility index (Phi) is 2.78. The summed E-state index contributed by atoms with van der Waals surface area (Å²) in [5, 5.41) is 8.54. The Bertz CT molecular complexity index is 377. The molecule has 0 amide bonds. The average Bonchev–Trinajstić information content (AvgIpc) is 2.10. The number of carbonyl (C=O) groups is 1. The minimum atomic E-state index is -1.33. The highest BCUT2D eigenvalue weighted by atomic mass is 19.2. The van der Waals surface area contributed by atoms with Gasteiger partial charge in [0, 0.05) is 11.6 Å². The van der Waals surface area contributed by atoms with Crippen LogP contribution in [0, 0.1) is 17.5 Å². The lowest BCUT2D eigenvalue weighted by molar-refractivity contribution is -0.138. The van der Waals surface area contributed by atoms with E-state index in [-0.39, 0.29) is 5.56 Å². The van der Waals surface area contributed by atoms with Crippen molar-refractivity contribution in [3.63, 3.8) is 0 Å². The molecule has 0 fully saturated rings. The second-order valence-corrected chi connectivity index (χ2v) is 2.85. The molecular weight excluding hydrogens is 197 g/mol. The fourth-order valence-electron chi connectivity index (χ4n) is 1.00. The average molecular weight is 204 g/mol. The van der Waals surface area contributed by atoms with Crippen molar-refractivity contribution in [2.24, 2.45) is 0 Å². The monoisotopic (exact) mass is 204 g/mol. The van der Waals surface area contributed by atoms with Gasteiger partial charge in [0.15, 0.2) is 11.6 Å². The van der Waals surface area contributed by atoms with Crippen LogP contribution in [0.15, 0.2) is 12.1 Å². The summed E-state index contributed by atoms with van der Waals surface area (Å²) in [4.78, 5) is 10.5. The summed E-state index contributed by atoms with van der Waals surface area (Å²) in [6.07, 6.45) is 0. The molecule has 1 rings (SSSR count). The Morgan fingerprint density at radius 1 is 1.21 bits per heavy atom. The first kappa shape index (κ1) is 10.6. The van der Waals surface area contributed by atoms with Gasteiger partial charge in [0.25, 0.3) is 0 Å². The fraction of sp³-hybridized carbons (Fsp3) is 0.222. The smallest absolute Gasteiger partial charge is 0.310 e. The first-order valence-electron chi connectivity index (χ1n) is 3.80. The molecule has 0 aliphatic carbocycles. The fourth-order valence-corrected chi connectivity index (χ4v) is 1.00. The van der Waals surface area contributed by atoms with E-state index in [1.807, 2.05) is 0 Å². The van der Waals surface area contributed by atoms with Crippen LogP contribution < -0.4 is 0 Å². The van der Waals surface area contributed by atoms with Crippen LogP contribution in [0.5, 0.6) is 0 Å². The van der Waals surface area contributed by atoms with Crippen LogP contribution >= 0.6 is 0 Å². The topological polar surface area (TPSA) is 37.3 Å². The predicted molar refractivity (Wildman–Crippen MR) is 42.4 cm³/mol. The molecule has 76 valence electrons. The Hall–Kier alpha value is -1.52. The summed E-state index contributed by atoms with van der Waals surface area (Å²) in [7, 11) is 0. The van der Waals surface area contributed by atoms with Gasteiger partial charge in [0.1, 0.15) is 5.82 Å². The molecule has 0 aliphatic rings. The molecule has 0 aliphatic heterocycles. The predicted octanol–water partition coefficient (Wildman–Crippen LogP) is 2.29. The number of carboxylic acid groups (broad SMARTS) is 1. The molecule has 1 aromatic carbocycles. The molecule has 5 heteroatoms. The summed E-state index contributed by atoms with van der Waals surface area (Å²) in [5.41, 5.74) is -0.364. The lowest BCUT2D eigenvalue weighted by atomic mass is 10.0. The summed E-state index contributed by atoms with van der Waals surface area (Å²) in [6.45, 7) is 1.19. The van der Waals surface area contributed by atoms with Gasteiger partial charge >= 0.3 is 5.97 Å². The van der Waals surface area contributed by atoms with Gasteiger partial charge in [-0.05, 0) is 13.0 Å². The number of aliphatic carboxylic acids is 1. The Balaban J connectivity index is 3.22. The summed E-state index contributed by atoms with van der Waals surface area (Å²) in [5.74, 6) is -6.14. The van der Waals surface area contributed by atoms with Crippen molar-refractivity contribution in [1.29, 1.82) is 0 Å². The highest BCUT2D eigenvalue weighted by Gasteiger charge is 2.20. The quantitative estimate of drug-likeness (QED) is 0.750. The van der Waals surface area contributed by atoms with E-state index in [1.165, 1.54) is 6.92 Å². The minimum Gasteiger partial charge on any atom is -0.481 e. The van der Waals surface area contributed by atoms with Crippen LogP contribution in [-0.2, 0) is 4.79 Å². The van der Waals surface area contributed by atoms with Gasteiger partial charge in [-0.15, -0.1) is 0 Å². The highest BCUT2D eigenvalue weighted by Crippen LogP contribution is 2.21. The Morgan fingerprint density at radius 3 is 2.21 bits per heavy atom. The van der Waals surface area contributed by atoms with Gasteiger partial charge < -0.3 is 5.11 Å². The third-order valence-corrected chi connectivity index (χ3v) is 1.88. The molecule has 0 bridgehead atoms. The molecule has 0 heterocycles. The van der Waals surface area contributed by atoms with E-state index in [2.05, 4.69) is 0 Å². The first-order chi connectivity index (χ1) is 6.43. The van der Waals surface area contributed by atoms with Crippen molar-refractivity contribution in [3.8, 4) is 0 Å². The summed E-state index contributed by atoms with van der Waals surface area (Å²) >= 11 is 0. The van der Waals surface area contributed by atoms with Gasteiger partial charge in [-0.2, -0.15) is 0 Å². The molecule has 1 N–H and O–H groups in total. The lowest BCUT2D eigenvalue weighted by Gasteiger charge is -2.07. The molecule has 2 nitrogen and oxygen atoms in total. The number of benzene rings is 1. The molecule has 14 heavy (non-hydrogen) atoms. The molecule has 0 saturated carbocycles. The van der Waals surface area contributed by atoms with Gasteiger partial charge in [0.05, 0.1) is 5.92 Å². The van der Waals surface area contributed by atoms with Gasteiger partial charge in [-0.1, -0.05) is 0 Å². The van der Waals surface area contributed by atoms with E-state index >= 15 is 0 Å². The molecular formula is C9H7F3O2. The molecule has 0 radical (unpaired) electrons. The van der Waals surface area contributed by atoms with Crippen LogP contribution in [0.3, 0.4) is 0 Å². The normalized spacial score (nSPS) is 12.6. The standard InChI is InChI=1S/C9H7F3O2/c1-4(9(13)14)5-2-7(11)8(12)3-6(5)10/h2-4H,1H3,(H,13,14)/t4-/m0/s1. The van der Waals surface area contributed by atoms with Gasteiger partial charge in [-0.25, -0.2) is 13.2 Å². The zero-order chi connectivity index (χ0) is 10.9. The zero-order valence-corrected chi connectivity index (χ0v) is 7.22. The van der Waals surface area contributed by atoms with Crippen molar-refractivity contribution < 1.29 is 23.1 Å². The third-order valence-electron chi connectivity index (χ3n) is 1.88. The molecule has 0 aromatic heterocycles. The summed E-state index contributed by atoms with van der Waals surface area (Å²) in [6, 6.07) is 0.896. The van der Waals surface area contributed by atoms with Gasteiger partial charge in [0.2, 0.25) is 0 Å². The van der Waals surface area contributed by atoms with E-state index in [0.717, 1.165) is 0 Å². The lowest BCUT2D eigenvalue weighted by Crippen LogP contribution is -2.10. The maximum Gasteiger partial charge on any atom is 0.310 e. The van der Waals surface area contributed by atoms with Crippen LogP contribution in [0.1, 0.15) is 18.4 Å². The van der Waals surface area contributed by atoms with Gasteiger partial charge in [-0.3, -0.25) is 4.79 Å². The second-order valence-electron chi connectivity index (χ2n) is 2.85. The maximum atomic E-state index is 13.0. The van der Waals surface area contributed by atoms with E-state index in [4.69, 9.17) is 5.11 Å². The van der Waals surface area contributed by atoms with E-state index in [0.29, 0.717) is 12.1 Å². The van der Waals surface area contributed by atoms with Crippen molar-refractivity contribution in [1.82, 2.24) is 0 Å². The number of halogens is 3. The number of hydrogen-bond donors (Lipinski definition) is 1. The number of hydrogen-bond acceptors (Lipinski definition) is 1. The molecule has 0 spiro atoms. The zero-order valence-electron chi connectivity index (χ0n) is 7.22. The molecule has 1 atom stereocenters. The van der Waals surface area contributed by atoms with Crippen molar-refractivity contribution in [3.05, 3.63) is 35.1 Å². The number of rotatable bonds is 2. The van der Waals surface area contributed by atoms with Crippen LogP contribution in [0.25, 0.3) is 0 Å². The van der Waals surface area contributed by atoms with Crippen molar-refractivity contribution in [2.45, 2.75) is 12.8 Å². The maximum absolute atomic E-state index is 13.0. The highest BCUT2D eigenvalue weighted by molar-refractivity contribution is 5.75. The Morgan fingerprint density at radius 2 is 1.71 bits per heavy atom. The largest absolute Gasteiger partial charge is 0.481 e. The van der Waals surface area contributed by atoms with Crippen LogP contribution in [0.4, 0.5) is 13.2 Å². The summed E-state index contributed by atoms with van der Waals surface area (Å²) < 4.78 is 38.1. The SMILES string of the molecule is C[C@H](C(=O)O)c1cc(F)c(F)cc1F. The molecule has 0 saturated heterocycles.